The molecule has 0 amide bonds. The van der Waals surface area contributed by atoms with E-state index in [0.29, 0.717) is 25.2 Å². The summed E-state index contributed by atoms with van der Waals surface area (Å²) in [6.07, 6.45) is 1.04. The van der Waals surface area contributed by atoms with Crippen molar-refractivity contribution in [3.05, 3.63) is 10.8 Å². The van der Waals surface area contributed by atoms with Crippen molar-refractivity contribution < 1.29 is 9.53 Å². The predicted octanol–water partition coefficient (Wildman–Crippen LogP) is 2.44. The maximum atomic E-state index is 11.1. The highest BCUT2D eigenvalue weighted by molar-refractivity contribution is 6.44. The highest BCUT2D eigenvalue weighted by Gasteiger charge is 2.27. The van der Waals surface area contributed by atoms with Crippen LogP contribution in [-0.4, -0.2) is 17.8 Å². The molecule has 1 aliphatic carbocycles. The first-order valence-electron chi connectivity index (χ1n) is 3.86. The Balaban J connectivity index is 2.85. The lowest BCUT2D eigenvalue weighted by Gasteiger charge is -2.19. The molecule has 68 valence electrons. The van der Waals surface area contributed by atoms with Gasteiger partial charge in [-0.15, -0.1) is 11.6 Å². The number of hydrogen-bond donors (Lipinski definition) is 0. The molecule has 4 heteroatoms. The maximum absolute atomic E-state index is 11.1. The Morgan fingerprint density at radius 2 is 2.33 bits per heavy atom. The second-order valence-corrected chi connectivity index (χ2v) is 3.45. The molecule has 0 aromatic carbocycles. The summed E-state index contributed by atoms with van der Waals surface area (Å²) in [5, 5.41) is -0.0711. The van der Waals surface area contributed by atoms with Gasteiger partial charge in [-0.05, 0) is 13.3 Å². The van der Waals surface area contributed by atoms with Gasteiger partial charge in [-0.3, -0.25) is 4.79 Å². The zero-order chi connectivity index (χ0) is 9.14. The molecule has 0 saturated heterocycles. The molecular formula is C8H10Cl2O2. The first-order chi connectivity index (χ1) is 5.66. The van der Waals surface area contributed by atoms with Crippen LogP contribution in [0, 0.1) is 0 Å². The lowest BCUT2D eigenvalue weighted by molar-refractivity contribution is -0.115. The molecule has 0 aromatic heterocycles. The minimum absolute atomic E-state index is 0.0722. The highest BCUT2D eigenvalue weighted by atomic mass is 35.5. The van der Waals surface area contributed by atoms with E-state index in [-0.39, 0.29) is 16.2 Å². The first kappa shape index (κ1) is 9.87. The maximum Gasteiger partial charge on any atom is 0.177 e. The number of halogens is 2. The van der Waals surface area contributed by atoms with Crippen LogP contribution < -0.4 is 0 Å². The lowest BCUT2D eigenvalue weighted by Crippen LogP contribution is -2.19. The van der Waals surface area contributed by atoms with Gasteiger partial charge in [-0.2, -0.15) is 0 Å². The smallest absolute Gasteiger partial charge is 0.177 e. The molecule has 0 aromatic rings. The zero-order valence-corrected chi connectivity index (χ0v) is 8.28. The van der Waals surface area contributed by atoms with Crippen LogP contribution in [0.25, 0.3) is 0 Å². The van der Waals surface area contributed by atoms with Crippen LogP contribution in [0.3, 0.4) is 0 Å². The molecule has 1 rings (SSSR count). The number of alkyl halides is 1. The van der Waals surface area contributed by atoms with Crippen molar-refractivity contribution in [3.8, 4) is 0 Å². The van der Waals surface area contributed by atoms with Crippen LogP contribution in [0.15, 0.2) is 10.8 Å². The third-order valence-corrected chi connectivity index (χ3v) is 2.48. The fourth-order valence-electron chi connectivity index (χ4n) is 1.08. The first-order valence-corrected chi connectivity index (χ1v) is 4.68. The lowest BCUT2D eigenvalue weighted by atomic mass is 10.0. The summed E-state index contributed by atoms with van der Waals surface area (Å²) in [5.41, 5.74) is 0. The van der Waals surface area contributed by atoms with Gasteiger partial charge in [0.2, 0.25) is 0 Å². The molecule has 0 spiro atoms. The van der Waals surface area contributed by atoms with Crippen molar-refractivity contribution in [1.82, 2.24) is 0 Å². The van der Waals surface area contributed by atoms with E-state index in [1.807, 2.05) is 6.92 Å². The fraction of sp³-hybridized carbons (Fsp3) is 0.625. The van der Waals surface area contributed by atoms with Crippen molar-refractivity contribution in [3.63, 3.8) is 0 Å². The molecule has 0 unspecified atom stereocenters. The Kier molecular flexibility index (Phi) is 3.41. The molecule has 12 heavy (non-hydrogen) atoms. The average molecular weight is 209 g/mol. The summed E-state index contributed by atoms with van der Waals surface area (Å²) in [5.74, 6) is 0.370. The minimum Gasteiger partial charge on any atom is -0.495 e. The summed E-state index contributed by atoms with van der Waals surface area (Å²) >= 11 is 11.6. The summed E-state index contributed by atoms with van der Waals surface area (Å²) in [7, 11) is 0. The van der Waals surface area contributed by atoms with Gasteiger partial charge in [0.15, 0.2) is 5.78 Å². The Morgan fingerprint density at radius 1 is 1.67 bits per heavy atom. The van der Waals surface area contributed by atoms with Crippen LogP contribution in [-0.2, 0) is 9.53 Å². The Labute approximate surface area is 81.5 Å². The number of rotatable bonds is 2. The number of hydrogen-bond acceptors (Lipinski definition) is 2. The molecule has 0 heterocycles. The van der Waals surface area contributed by atoms with Crippen LogP contribution in [0.5, 0.6) is 0 Å². The van der Waals surface area contributed by atoms with Crippen LogP contribution in [0.1, 0.15) is 19.8 Å². The van der Waals surface area contributed by atoms with E-state index in [1.165, 1.54) is 0 Å². The zero-order valence-electron chi connectivity index (χ0n) is 6.77. The van der Waals surface area contributed by atoms with E-state index in [4.69, 9.17) is 27.9 Å². The van der Waals surface area contributed by atoms with E-state index in [1.54, 1.807) is 0 Å². The van der Waals surface area contributed by atoms with E-state index in [9.17, 15) is 4.79 Å². The molecule has 0 aliphatic heterocycles. The van der Waals surface area contributed by atoms with Gasteiger partial charge in [-0.1, -0.05) is 11.6 Å². The normalized spacial score (nSPS) is 24.6. The van der Waals surface area contributed by atoms with Crippen LogP contribution in [0.2, 0.25) is 0 Å². The third kappa shape index (κ3) is 1.93. The largest absolute Gasteiger partial charge is 0.495 e. The summed E-state index contributed by atoms with van der Waals surface area (Å²) in [4.78, 5) is 11.1. The minimum atomic E-state index is -0.241. The van der Waals surface area contributed by atoms with E-state index >= 15 is 0 Å². The predicted molar refractivity (Wildman–Crippen MR) is 48.4 cm³/mol. The van der Waals surface area contributed by atoms with Crippen LogP contribution >= 0.6 is 23.2 Å². The SMILES string of the molecule is CCOC1=C(Cl)C(=O)CC[C@H]1Cl. The Hall–Kier alpha value is -0.210. The summed E-state index contributed by atoms with van der Waals surface area (Å²) < 4.78 is 5.17. The molecule has 0 N–H and O–H groups in total. The van der Waals surface area contributed by atoms with Gasteiger partial charge in [0.05, 0.1) is 12.0 Å². The van der Waals surface area contributed by atoms with E-state index in [0.717, 1.165) is 0 Å². The molecule has 2 nitrogen and oxygen atoms in total. The highest BCUT2D eigenvalue weighted by Crippen LogP contribution is 2.29. The number of carbonyl (C=O) groups excluding carboxylic acids is 1. The molecule has 1 atom stereocenters. The topological polar surface area (TPSA) is 26.3 Å². The van der Waals surface area contributed by atoms with Crippen LogP contribution in [0.4, 0.5) is 0 Å². The second-order valence-electron chi connectivity index (χ2n) is 2.54. The Morgan fingerprint density at radius 3 is 2.92 bits per heavy atom. The monoisotopic (exact) mass is 208 g/mol. The number of ether oxygens (including phenoxy) is 1. The number of carbonyl (C=O) groups is 1. The van der Waals surface area contributed by atoms with Gasteiger partial charge >= 0.3 is 0 Å². The number of ketones is 1. The average Bonchev–Trinajstić information content (AvgIpc) is 2.06. The van der Waals surface area contributed by atoms with Gasteiger partial charge in [0.1, 0.15) is 10.8 Å². The van der Waals surface area contributed by atoms with Gasteiger partial charge in [-0.25, -0.2) is 0 Å². The van der Waals surface area contributed by atoms with E-state index < -0.39 is 0 Å². The fourth-order valence-corrected chi connectivity index (χ4v) is 1.70. The summed E-state index contributed by atoms with van der Waals surface area (Å²) in [6, 6.07) is 0. The standard InChI is InChI=1S/C8H10Cl2O2/c1-2-12-8-5(9)3-4-6(11)7(8)10/h5H,2-4H2,1H3/t5-/m1/s1. The number of Topliss-reactive ketones (excluding diaryl/α,β-unsaturated/α-hetero) is 1. The molecular weight excluding hydrogens is 199 g/mol. The van der Waals surface area contributed by atoms with Crippen molar-refractivity contribution in [2.45, 2.75) is 25.1 Å². The Bertz CT molecular complexity index is 223. The van der Waals surface area contributed by atoms with E-state index in [2.05, 4.69) is 0 Å². The molecule has 0 fully saturated rings. The quantitative estimate of drug-likeness (QED) is 0.653. The molecule has 0 saturated carbocycles. The number of allylic oxidation sites excluding steroid dienone is 2. The van der Waals surface area contributed by atoms with Gasteiger partial charge in [0, 0.05) is 6.42 Å². The summed E-state index contributed by atoms with van der Waals surface area (Å²) in [6.45, 7) is 2.32. The van der Waals surface area contributed by atoms with Crippen molar-refractivity contribution in [2.24, 2.45) is 0 Å². The molecule has 0 radical (unpaired) electrons. The second kappa shape index (κ2) is 4.15. The van der Waals surface area contributed by atoms with Crippen molar-refractivity contribution in [2.75, 3.05) is 6.61 Å². The molecule has 1 aliphatic rings. The van der Waals surface area contributed by atoms with Gasteiger partial charge in [0.25, 0.3) is 0 Å². The third-order valence-electron chi connectivity index (χ3n) is 1.67. The van der Waals surface area contributed by atoms with Crippen molar-refractivity contribution >= 4 is 29.0 Å². The molecule has 0 bridgehead atoms. The van der Waals surface area contributed by atoms with Crippen molar-refractivity contribution in [1.29, 1.82) is 0 Å². The van der Waals surface area contributed by atoms with Gasteiger partial charge < -0.3 is 4.74 Å².